The predicted octanol–water partition coefficient (Wildman–Crippen LogP) is 2.81. The Labute approximate surface area is 156 Å². The topological polar surface area (TPSA) is 88.1 Å². The number of piperidine rings is 1. The van der Waals surface area contributed by atoms with Gasteiger partial charge in [-0.3, -0.25) is 4.99 Å². The van der Waals surface area contributed by atoms with Crippen LogP contribution in [0.25, 0.3) is 0 Å². The van der Waals surface area contributed by atoms with Gasteiger partial charge < -0.3 is 10.1 Å². The number of ether oxygens (including phenoxy) is 1. The van der Waals surface area contributed by atoms with Gasteiger partial charge in [0.2, 0.25) is 10.0 Å². The van der Waals surface area contributed by atoms with Crippen molar-refractivity contribution in [2.24, 2.45) is 10.4 Å². The third-order valence-corrected chi connectivity index (χ3v) is 5.88. The lowest BCUT2D eigenvalue weighted by Gasteiger charge is -2.33. The van der Waals surface area contributed by atoms with Crippen LogP contribution < -0.4 is 5.32 Å². The van der Waals surface area contributed by atoms with Crippen molar-refractivity contribution >= 4 is 22.3 Å². The van der Waals surface area contributed by atoms with Crippen molar-refractivity contribution in [3.05, 3.63) is 23.3 Å². The number of hydrogen-bond donors (Lipinski definition) is 1. The maximum Gasteiger partial charge on any atom is 0.407 e. The van der Waals surface area contributed by atoms with E-state index in [1.54, 1.807) is 33.1 Å². The van der Waals surface area contributed by atoms with Gasteiger partial charge in [-0.25, -0.2) is 13.2 Å². The van der Waals surface area contributed by atoms with Crippen LogP contribution in [0.1, 0.15) is 47.5 Å². The van der Waals surface area contributed by atoms with E-state index in [1.807, 2.05) is 19.9 Å². The molecule has 0 radical (unpaired) electrons. The number of nitrogens with zero attached hydrogens (tertiary/aromatic N) is 2. The van der Waals surface area contributed by atoms with Crippen molar-refractivity contribution in [3.63, 3.8) is 0 Å². The largest absolute Gasteiger partial charge is 0.444 e. The van der Waals surface area contributed by atoms with Crippen LogP contribution in [0.3, 0.4) is 0 Å². The lowest BCUT2D eigenvalue weighted by molar-refractivity contribution is 0.0487. The second-order valence-electron chi connectivity index (χ2n) is 8.31. The monoisotopic (exact) mass is 383 g/mol. The zero-order valence-corrected chi connectivity index (χ0v) is 17.0. The fourth-order valence-corrected chi connectivity index (χ4v) is 4.22. The highest BCUT2D eigenvalue weighted by Gasteiger charge is 2.33. The molecule has 2 aliphatic rings. The van der Waals surface area contributed by atoms with E-state index in [9.17, 15) is 13.2 Å². The molecule has 1 saturated heterocycles. The van der Waals surface area contributed by atoms with Gasteiger partial charge in [-0.15, -0.1) is 0 Å². The van der Waals surface area contributed by atoms with E-state index < -0.39 is 21.7 Å². The first-order valence-corrected chi connectivity index (χ1v) is 10.3. The summed E-state index contributed by atoms with van der Waals surface area (Å²) in [5.41, 5.74) is -0.887. The molecule has 2 aliphatic heterocycles. The number of nitrogens with one attached hydrogen (secondary N) is 1. The Morgan fingerprint density at radius 3 is 2.73 bits per heavy atom. The lowest BCUT2D eigenvalue weighted by Crippen LogP contribution is -2.50. The molecule has 0 aromatic rings. The van der Waals surface area contributed by atoms with Gasteiger partial charge >= 0.3 is 6.09 Å². The third kappa shape index (κ3) is 5.67. The highest BCUT2D eigenvalue weighted by Crippen LogP contribution is 2.25. The average Bonchev–Trinajstić information content (AvgIpc) is 2.66. The summed E-state index contributed by atoms with van der Waals surface area (Å²) in [5, 5.41) is 2.77. The molecule has 8 heteroatoms. The standard InChI is InChI=1S/C18H29N3O4S/c1-17(2,3)25-16(22)20-14-7-6-10-21(12-14)26(23,24)15-8-9-18(4,5)13-19-11-15/h8-9,11,13-14H,6-7,10,12H2,1-5H3,(H,20,22). The quantitative estimate of drug-likeness (QED) is 0.812. The molecule has 2 rings (SSSR count). The summed E-state index contributed by atoms with van der Waals surface area (Å²) in [6.07, 6.45) is 7.39. The van der Waals surface area contributed by atoms with E-state index >= 15 is 0 Å². The molecule has 0 saturated carbocycles. The van der Waals surface area contributed by atoms with Crippen LogP contribution in [0.2, 0.25) is 0 Å². The van der Waals surface area contributed by atoms with Crippen molar-refractivity contribution in [2.45, 2.75) is 59.1 Å². The van der Waals surface area contributed by atoms with Crippen LogP contribution in [0.5, 0.6) is 0 Å². The van der Waals surface area contributed by atoms with Gasteiger partial charge in [-0.1, -0.05) is 19.9 Å². The van der Waals surface area contributed by atoms with Gasteiger partial charge in [0.05, 0.1) is 0 Å². The van der Waals surface area contributed by atoms with Crippen molar-refractivity contribution in [1.82, 2.24) is 9.62 Å². The molecule has 0 aliphatic carbocycles. The first kappa shape index (κ1) is 20.6. The number of carbonyl (C=O) groups excluding carboxylic acids is 1. The third-order valence-electron chi connectivity index (χ3n) is 4.03. The Morgan fingerprint density at radius 1 is 1.38 bits per heavy atom. The number of amides is 1. The first-order valence-electron chi connectivity index (χ1n) is 8.82. The Hall–Kier alpha value is -1.67. The SMILES string of the molecule is CC1(C)C=CC(S(=O)(=O)N2CCCC(NC(=O)OC(C)(C)C)C2)=CN=C1. The fraction of sp³-hybridized carbons (Fsp3) is 0.667. The van der Waals surface area contributed by atoms with E-state index in [0.717, 1.165) is 0 Å². The number of carbonyl (C=O) groups is 1. The molecule has 7 nitrogen and oxygen atoms in total. The number of alkyl carbamates (subject to hydrolysis) is 1. The molecule has 1 fully saturated rings. The molecule has 2 heterocycles. The van der Waals surface area contributed by atoms with E-state index in [-0.39, 0.29) is 22.9 Å². The maximum atomic E-state index is 13.0. The van der Waals surface area contributed by atoms with E-state index in [2.05, 4.69) is 10.3 Å². The van der Waals surface area contributed by atoms with Crippen LogP contribution in [-0.2, 0) is 14.8 Å². The zero-order valence-electron chi connectivity index (χ0n) is 16.2. The number of aliphatic imine (C=N–C) groups is 1. The number of allylic oxidation sites excluding steroid dienone is 2. The van der Waals surface area contributed by atoms with Gasteiger partial charge in [0.1, 0.15) is 10.5 Å². The van der Waals surface area contributed by atoms with Crippen LogP contribution in [0, 0.1) is 5.41 Å². The highest BCUT2D eigenvalue weighted by atomic mass is 32.2. The van der Waals surface area contributed by atoms with E-state index in [1.165, 1.54) is 10.5 Å². The van der Waals surface area contributed by atoms with Gasteiger partial charge in [0, 0.05) is 37.0 Å². The summed E-state index contributed by atoms with van der Waals surface area (Å²) in [6, 6.07) is -0.274. The molecule has 0 aromatic carbocycles. The van der Waals surface area contributed by atoms with Gasteiger partial charge in [0.15, 0.2) is 0 Å². The van der Waals surface area contributed by atoms with Crippen LogP contribution >= 0.6 is 0 Å². The molecular formula is C18H29N3O4S. The molecule has 0 bridgehead atoms. The Balaban J connectivity index is 2.07. The highest BCUT2D eigenvalue weighted by molar-refractivity contribution is 7.93. The van der Waals surface area contributed by atoms with Crippen LogP contribution in [0.4, 0.5) is 4.79 Å². The smallest absolute Gasteiger partial charge is 0.407 e. The summed E-state index contributed by atoms with van der Waals surface area (Å²) < 4.78 is 32.6. The lowest BCUT2D eigenvalue weighted by atomic mass is 9.95. The van der Waals surface area contributed by atoms with Crippen LogP contribution in [-0.4, -0.2) is 49.8 Å². The summed E-state index contributed by atoms with van der Waals surface area (Å²) in [5.74, 6) is 0. The average molecular weight is 384 g/mol. The minimum absolute atomic E-state index is 0.164. The number of hydrogen-bond acceptors (Lipinski definition) is 5. The normalized spacial score (nSPS) is 23.9. The molecule has 1 atom stereocenters. The summed E-state index contributed by atoms with van der Waals surface area (Å²) in [7, 11) is -3.66. The van der Waals surface area contributed by atoms with E-state index in [0.29, 0.717) is 19.4 Å². The van der Waals surface area contributed by atoms with Crippen molar-refractivity contribution in [1.29, 1.82) is 0 Å². The van der Waals surface area contributed by atoms with Crippen molar-refractivity contribution in [2.75, 3.05) is 13.1 Å². The zero-order chi connectivity index (χ0) is 19.6. The molecule has 1 amide bonds. The molecule has 0 spiro atoms. The van der Waals surface area contributed by atoms with Gasteiger partial charge in [-0.2, -0.15) is 4.31 Å². The Bertz CT molecular complexity index is 730. The molecule has 0 aromatic heterocycles. The van der Waals surface area contributed by atoms with Gasteiger partial charge in [0.25, 0.3) is 0 Å². The molecular weight excluding hydrogens is 354 g/mol. The van der Waals surface area contributed by atoms with Crippen molar-refractivity contribution < 1.29 is 17.9 Å². The second kappa shape index (κ2) is 7.52. The summed E-state index contributed by atoms with van der Waals surface area (Å²) >= 11 is 0. The van der Waals surface area contributed by atoms with Crippen LogP contribution in [0.15, 0.2) is 28.2 Å². The van der Waals surface area contributed by atoms with Crippen molar-refractivity contribution in [3.8, 4) is 0 Å². The van der Waals surface area contributed by atoms with E-state index in [4.69, 9.17) is 4.74 Å². The summed E-state index contributed by atoms with van der Waals surface area (Å²) in [4.78, 5) is 16.3. The minimum atomic E-state index is -3.66. The Morgan fingerprint density at radius 2 is 2.08 bits per heavy atom. The Kier molecular flexibility index (Phi) is 5.97. The first-order chi connectivity index (χ1) is 11.9. The molecule has 26 heavy (non-hydrogen) atoms. The molecule has 1 unspecified atom stereocenters. The number of sulfonamides is 1. The van der Waals surface area contributed by atoms with Gasteiger partial charge in [-0.05, 0) is 39.7 Å². The maximum absolute atomic E-state index is 13.0. The second-order valence-corrected chi connectivity index (χ2v) is 10.3. The molecule has 146 valence electrons. The summed E-state index contributed by atoms with van der Waals surface area (Å²) in [6.45, 7) is 9.93. The fourth-order valence-electron chi connectivity index (χ4n) is 2.74. The predicted molar refractivity (Wildman–Crippen MR) is 102 cm³/mol. The minimum Gasteiger partial charge on any atom is -0.444 e. The number of rotatable bonds is 3. The molecule has 1 N–H and O–H groups in total.